The maximum absolute atomic E-state index is 13.0. The van der Waals surface area contributed by atoms with E-state index in [0.717, 1.165) is 10.9 Å². The topological polar surface area (TPSA) is 72.2 Å². The molecule has 0 atom stereocenters. The van der Waals surface area contributed by atoms with E-state index in [1.54, 1.807) is 41.2 Å². The van der Waals surface area contributed by atoms with Gasteiger partial charge in [0.2, 0.25) is 0 Å². The Labute approximate surface area is 174 Å². The molecule has 30 heavy (non-hydrogen) atoms. The Hall–Kier alpha value is -3.48. The van der Waals surface area contributed by atoms with Gasteiger partial charge >= 0.3 is 0 Å². The van der Waals surface area contributed by atoms with Gasteiger partial charge in [-0.3, -0.25) is 9.59 Å². The van der Waals surface area contributed by atoms with Crippen molar-refractivity contribution in [1.29, 1.82) is 0 Å². The number of hydrogen-bond acceptors (Lipinski definition) is 5. The van der Waals surface area contributed by atoms with Gasteiger partial charge in [-0.15, -0.1) is 0 Å². The predicted octanol–water partition coefficient (Wildman–Crippen LogP) is 3.36. The Morgan fingerprint density at radius 2 is 1.57 bits per heavy atom. The molecule has 7 heteroatoms. The molecule has 1 aliphatic rings. The summed E-state index contributed by atoms with van der Waals surface area (Å²) in [6.07, 6.45) is 0. The van der Waals surface area contributed by atoms with Crippen molar-refractivity contribution in [1.82, 2.24) is 9.80 Å². The van der Waals surface area contributed by atoms with Gasteiger partial charge in [0.15, 0.2) is 5.76 Å². The van der Waals surface area contributed by atoms with Crippen LogP contribution in [0.25, 0.3) is 11.0 Å². The molecule has 7 nitrogen and oxygen atoms in total. The van der Waals surface area contributed by atoms with Gasteiger partial charge in [-0.05, 0) is 37.3 Å². The summed E-state index contributed by atoms with van der Waals surface area (Å²) >= 11 is 0. The van der Waals surface area contributed by atoms with Crippen molar-refractivity contribution in [2.75, 3.05) is 40.4 Å². The average Bonchev–Trinajstić information content (AvgIpc) is 3.21. The number of amides is 2. The maximum atomic E-state index is 13.0. The fourth-order valence-corrected chi connectivity index (χ4v) is 3.68. The van der Waals surface area contributed by atoms with E-state index in [1.165, 1.54) is 7.11 Å². The van der Waals surface area contributed by atoms with Crippen LogP contribution in [0, 0.1) is 6.92 Å². The number of fused-ring (bicyclic) bond motifs is 1. The molecule has 1 saturated heterocycles. The van der Waals surface area contributed by atoms with Crippen LogP contribution in [-0.4, -0.2) is 62.0 Å². The lowest BCUT2D eigenvalue weighted by molar-refractivity contribution is 0.0517. The summed E-state index contributed by atoms with van der Waals surface area (Å²) < 4.78 is 16.3. The van der Waals surface area contributed by atoms with E-state index >= 15 is 0 Å². The number of nitrogens with zero attached hydrogens (tertiary/aromatic N) is 2. The third kappa shape index (κ3) is 3.70. The summed E-state index contributed by atoms with van der Waals surface area (Å²) in [7, 11) is 3.09. The first-order valence-corrected chi connectivity index (χ1v) is 9.81. The van der Waals surface area contributed by atoms with Crippen LogP contribution in [0.15, 0.2) is 46.9 Å². The molecular weight excluding hydrogens is 384 g/mol. The molecule has 3 aromatic rings. The molecule has 1 aliphatic heterocycles. The van der Waals surface area contributed by atoms with Gasteiger partial charge in [0, 0.05) is 37.6 Å². The van der Waals surface area contributed by atoms with Gasteiger partial charge in [-0.25, -0.2) is 0 Å². The molecule has 1 aromatic heterocycles. The standard InChI is InChI=1S/C23H24N2O5/c1-15-4-7-19-16(12-15)13-21(30-19)23(27)25-10-8-24(9-11-25)22(26)18-6-5-17(28-2)14-20(18)29-3/h4-7,12-14H,8-11H2,1-3H3. The van der Waals surface area contributed by atoms with Crippen LogP contribution in [0.4, 0.5) is 0 Å². The van der Waals surface area contributed by atoms with Crippen LogP contribution < -0.4 is 9.47 Å². The minimum Gasteiger partial charge on any atom is -0.497 e. The van der Waals surface area contributed by atoms with Crippen molar-refractivity contribution in [2.24, 2.45) is 0 Å². The van der Waals surface area contributed by atoms with Crippen LogP contribution in [-0.2, 0) is 0 Å². The second-order valence-electron chi connectivity index (χ2n) is 7.30. The highest BCUT2D eigenvalue weighted by atomic mass is 16.5. The molecule has 0 unspecified atom stereocenters. The van der Waals surface area contributed by atoms with Crippen molar-refractivity contribution in [3.05, 3.63) is 59.4 Å². The minimum atomic E-state index is -0.155. The van der Waals surface area contributed by atoms with Crippen LogP contribution in [0.1, 0.15) is 26.5 Å². The third-order valence-corrected chi connectivity index (χ3v) is 5.38. The fraction of sp³-hybridized carbons (Fsp3) is 0.304. The number of benzene rings is 2. The number of carbonyl (C=O) groups is 2. The zero-order valence-electron chi connectivity index (χ0n) is 17.3. The lowest BCUT2D eigenvalue weighted by atomic mass is 10.1. The number of piperazine rings is 1. The molecule has 156 valence electrons. The molecule has 1 fully saturated rings. The van der Waals surface area contributed by atoms with Crippen LogP contribution >= 0.6 is 0 Å². The van der Waals surface area contributed by atoms with E-state index in [2.05, 4.69) is 0 Å². The third-order valence-electron chi connectivity index (χ3n) is 5.38. The Bertz CT molecular complexity index is 1100. The molecule has 0 spiro atoms. The van der Waals surface area contributed by atoms with Crippen molar-refractivity contribution in [3.63, 3.8) is 0 Å². The zero-order valence-corrected chi connectivity index (χ0v) is 17.3. The number of rotatable bonds is 4. The van der Waals surface area contributed by atoms with E-state index < -0.39 is 0 Å². The Morgan fingerprint density at radius 1 is 0.867 bits per heavy atom. The molecule has 0 aliphatic carbocycles. The Morgan fingerprint density at radius 3 is 2.23 bits per heavy atom. The van der Waals surface area contributed by atoms with Gasteiger partial charge < -0.3 is 23.7 Å². The molecule has 2 heterocycles. The lowest BCUT2D eigenvalue weighted by Gasteiger charge is -2.34. The monoisotopic (exact) mass is 408 g/mol. The summed E-state index contributed by atoms with van der Waals surface area (Å²) in [6.45, 7) is 3.78. The molecule has 0 N–H and O–H groups in total. The second kappa shape index (κ2) is 8.10. The zero-order chi connectivity index (χ0) is 21.3. The lowest BCUT2D eigenvalue weighted by Crippen LogP contribution is -2.50. The minimum absolute atomic E-state index is 0.124. The first-order valence-electron chi connectivity index (χ1n) is 9.81. The first-order chi connectivity index (χ1) is 14.5. The highest BCUT2D eigenvalue weighted by Gasteiger charge is 2.28. The normalized spacial score (nSPS) is 14.1. The molecule has 2 amide bonds. The van der Waals surface area contributed by atoms with Crippen LogP contribution in [0.2, 0.25) is 0 Å². The van der Waals surface area contributed by atoms with E-state index in [4.69, 9.17) is 13.9 Å². The molecule has 0 saturated carbocycles. The molecule has 0 bridgehead atoms. The molecule has 2 aromatic carbocycles. The van der Waals surface area contributed by atoms with E-state index in [9.17, 15) is 9.59 Å². The fourth-order valence-electron chi connectivity index (χ4n) is 3.68. The maximum Gasteiger partial charge on any atom is 0.289 e. The highest BCUT2D eigenvalue weighted by molar-refractivity contribution is 5.98. The summed E-state index contributed by atoms with van der Waals surface area (Å²) in [5.41, 5.74) is 2.29. The van der Waals surface area contributed by atoms with Gasteiger partial charge in [-0.1, -0.05) is 11.6 Å². The highest BCUT2D eigenvalue weighted by Crippen LogP contribution is 2.27. The molecule has 0 radical (unpaired) electrons. The number of ether oxygens (including phenoxy) is 2. The quantitative estimate of drug-likeness (QED) is 0.662. The van der Waals surface area contributed by atoms with Gasteiger partial charge in [0.25, 0.3) is 11.8 Å². The summed E-state index contributed by atoms with van der Waals surface area (Å²) in [6, 6.07) is 12.7. The summed E-state index contributed by atoms with van der Waals surface area (Å²) in [4.78, 5) is 29.3. The van der Waals surface area contributed by atoms with Crippen LogP contribution in [0.5, 0.6) is 11.5 Å². The number of aryl methyl sites for hydroxylation is 1. The number of hydrogen-bond donors (Lipinski definition) is 0. The molecular formula is C23H24N2O5. The van der Waals surface area contributed by atoms with Gasteiger partial charge in [-0.2, -0.15) is 0 Å². The van der Waals surface area contributed by atoms with Gasteiger partial charge in [0.1, 0.15) is 17.1 Å². The van der Waals surface area contributed by atoms with E-state index in [-0.39, 0.29) is 11.8 Å². The summed E-state index contributed by atoms with van der Waals surface area (Å²) in [5, 5.41) is 0.916. The Kier molecular flexibility index (Phi) is 5.35. The van der Waals surface area contributed by atoms with Crippen molar-refractivity contribution >= 4 is 22.8 Å². The first kappa shape index (κ1) is 19.8. The smallest absolute Gasteiger partial charge is 0.289 e. The van der Waals surface area contributed by atoms with Crippen molar-refractivity contribution in [3.8, 4) is 11.5 Å². The average molecular weight is 408 g/mol. The number of carbonyl (C=O) groups excluding carboxylic acids is 2. The van der Waals surface area contributed by atoms with Crippen LogP contribution in [0.3, 0.4) is 0 Å². The van der Waals surface area contributed by atoms with Crippen molar-refractivity contribution < 1.29 is 23.5 Å². The SMILES string of the molecule is COc1ccc(C(=O)N2CCN(C(=O)c3cc4cc(C)ccc4o3)CC2)c(OC)c1. The number of furan rings is 1. The molecule has 4 rings (SSSR count). The van der Waals surface area contributed by atoms with E-state index in [1.807, 2.05) is 25.1 Å². The number of methoxy groups -OCH3 is 2. The Balaban J connectivity index is 1.44. The van der Waals surface area contributed by atoms with Gasteiger partial charge in [0.05, 0.1) is 19.8 Å². The largest absolute Gasteiger partial charge is 0.497 e. The summed E-state index contributed by atoms with van der Waals surface area (Å²) in [5.74, 6) is 1.14. The predicted molar refractivity (Wildman–Crippen MR) is 112 cm³/mol. The second-order valence-corrected chi connectivity index (χ2v) is 7.30. The van der Waals surface area contributed by atoms with E-state index in [0.29, 0.717) is 54.6 Å². The van der Waals surface area contributed by atoms with Crippen molar-refractivity contribution in [2.45, 2.75) is 6.92 Å².